The van der Waals surface area contributed by atoms with Crippen LogP contribution >= 0.6 is 11.6 Å². The third kappa shape index (κ3) is 4.38. The molecule has 0 aliphatic carbocycles. The molecule has 0 atom stereocenters. The average molecular weight is 475 g/mol. The smallest absolute Gasteiger partial charge is 0.253 e. The van der Waals surface area contributed by atoms with Crippen LogP contribution in [-0.4, -0.2) is 47.0 Å². The number of aromatic nitrogens is 2. The lowest BCUT2D eigenvalue weighted by Crippen LogP contribution is -2.49. The van der Waals surface area contributed by atoms with Crippen molar-refractivity contribution in [3.8, 4) is 11.6 Å². The molecule has 0 spiro atoms. The number of carbonyl (C=O) groups is 1. The van der Waals surface area contributed by atoms with Crippen LogP contribution in [0.25, 0.3) is 22.5 Å². The molecule has 0 radical (unpaired) electrons. The summed E-state index contributed by atoms with van der Waals surface area (Å²) in [6.07, 6.45) is 1.61. The number of halogens is 1. The van der Waals surface area contributed by atoms with E-state index in [-0.39, 0.29) is 11.3 Å². The number of hydrogen-bond donors (Lipinski definition) is 0. The van der Waals surface area contributed by atoms with E-state index in [1.165, 1.54) is 5.56 Å². The van der Waals surface area contributed by atoms with Crippen LogP contribution in [0.4, 0.5) is 5.82 Å². The zero-order valence-electron chi connectivity index (χ0n) is 19.6. The Hall–Kier alpha value is -3.38. The second kappa shape index (κ2) is 8.76. The number of furan rings is 1. The van der Waals surface area contributed by atoms with Crippen LogP contribution in [-0.2, 0) is 5.41 Å². The molecule has 1 saturated heterocycles. The van der Waals surface area contributed by atoms with Crippen molar-refractivity contribution in [1.82, 2.24) is 14.9 Å². The Bertz CT molecular complexity index is 1320. The van der Waals surface area contributed by atoms with Gasteiger partial charge in [0.15, 0.2) is 11.6 Å². The Kier molecular flexibility index (Phi) is 5.78. The number of hydrogen-bond acceptors (Lipinski definition) is 5. The number of anilines is 1. The van der Waals surface area contributed by atoms with Crippen LogP contribution in [0.15, 0.2) is 65.3 Å². The molecule has 2 aromatic heterocycles. The molecule has 0 saturated carbocycles. The van der Waals surface area contributed by atoms with Gasteiger partial charge in [0.1, 0.15) is 5.82 Å². The molecule has 2 aromatic carbocycles. The number of amides is 1. The Morgan fingerprint density at radius 2 is 1.71 bits per heavy atom. The summed E-state index contributed by atoms with van der Waals surface area (Å²) in [6, 6.07) is 17.3. The summed E-state index contributed by atoms with van der Waals surface area (Å²) in [5, 5.41) is 1.55. The largest absolute Gasteiger partial charge is 0.461 e. The fourth-order valence-corrected chi connectivity index (χ4v) is 4.43. The molecular formula is C27H27ClN4O2. The van der Waals surface area contributed by atoms with E-state index in [0.717, 1.165) is 22.3 Å². The van der Waals surface area contributed by atoms with Crippen molar-refractivity contribution in [3.05, 3.63) is 77.0 Å². The number of nitrogens with zero attached hydrogens (tertiary/aromatic N) is 4. The lowest BCUT2D eigenvalue weighted by atomic mass is 9.86. The monoisotopic (exact) mass is 474 g/mol. The van der Waals surface area contributed by atoms with Gasteiger partial charge in [0.25, 0.3) is 5.91 Å². The molecule has 5 rings (SSSR count). The van der Waals surface area contributed by atoms with Crippen molar-refractivity contribution in [3.63, 3.8) is 0 Å². The Morgan fingerprint density at radius 1 is 0.971 bits per heavy atom. The van der Waals surface area contributed by atoms with Crippen LogP contribution in [0.5, 0.6) is 0 Å². The third-order valence-electron chi connectivity index (χ3n) is 6.24. The van der Waals surface area contributed by atoms with Crippen LogP contribution in [0.1, 0.15) is 36.7 Å². The van der Waals surface area contributed by atoms with Crippen molar-refractivity contribution in [2.24, 2.45) is 0 Å². The first-order chi connectivity index (χ1) is 16.3. The molecule has 34 heavy (non-hydrogen) atoms. The SMILES string of the molecule is CC(C)(C)c1ccc(C(=O)N2CCN(c3nc(-c4ccco4)nc4cc(Cl)ccc34)CC2)cc1. The van der Waals surface area contributed by atoms with E-state index >= 15 is 0 Å². The van der Waals surface area contributed by atoms with Crippen molar-refractivity contribution in [2.45, 2.75) is 26.2 Å². The van der Waals surface area contributed by atoms with Crippen LogP contribution in [0, 0.1) is 0 Å². The van der Waals surface area contributed by atoms with Crippen LogP contribution in [0.3, 0.4) is 0 Å². The average Bonchev–Trinajstić information content (AvgIpc) is 3.37. The summed E-state index contributed by atoms with van der Waals surface area (Å²) in [4.78, 5) is 26.7. The summed E-state index contributed by atoms with van der Waals surface area (Å²) in [5.41, 5.74) is 2.77. The summed E-state index contributed by atoms with van der Waals surface area (Å²) in [5.74, 6) is 2.02. The van der Waals surface area contributed by atoms with Crippen molar-refractivity contribution in [2.75, 3.05) is 31.1 Å². The van der Waals surface area contributed by atoms with Gasteiger partial charge in [0.05, 0.1) is 11.8 Å². The fraction of sp³-hybridized carbons (Fsp3) is 0.296. The molecular weight excluding hydrogens is 448 g/mol. The highest BCUT2D eigenvalue weighted by atomic mass is 35.5. The van der Waals surface area contributed by atoms with Gasteiger partial charge in [0, 0.05) is 42.2 Å². The molecule has 1 aliphatic rings. The van der Waals surface area contributed by atoms with Crippen molar-refractivity contribution < 1.29 is 9.21 Å². The Labute approximate surface area is 204 Å². The van der Waals surface area contributed by atoms with Gasteiger partial charge < -0.3 is 14.2 Å². The minimum absolute atomic E-state index is 0.0618. The van der Waals surface area contributed by atoms with Gasteiger partial charge in [0.2, 0.25) is 0 Å². The first-order valence-corrected chi connectivity index (χ1v) is 11.8. The molecule has 6 nitrogen and oxygen atoms in total. The van der Waals surface area contributed by atoms with E-state index in [9.17, 15) is 4.79 Å². The van der Waals surface area contributed by atoms with Gasteiger partial charge in [-0.15, -0.1) is 0 Å². The number of rotatable bonds is 3. The van der Waals surface area contributed by atoms with E-state index in [0.29, 0.717) is 42.8 Å². The maximum Gasteiger partial charge on any atom is 0.253 e. The summed E-state index contributed by atoms with van der Waals surface area (Å²) < 4.78 is 5.54. The maximum atomic E-state index is 13.1. The summed E-state index contributed by atoms with van der Waals surface area (Å²) in [6.45, 7) is 9.11. The predicted molar refractivity (Wildman–Crippen MR) is 136 cm³/mol. The van der Waals surface area contributed by atoms with Crippen LogP contribution in [0.2, 0.25) is 5.02 Å². The van der Waals surface area contributed by atoms with E-state index in [4.69, 9.17) is 21.0 Å². The molecule has 1 amide bonds. The number of benzene rings is 2. The normalized spacial score (nSPS) is 14.6. The highest BCUT2D eigenvalue weighted by molar-refractivity contribution is 6.31. The first kappa shape index (κ1) is 22.4. The summed E-state index contributed by atoms with van der Waals surface area (Å²) >= 11 is 6.24. The van der Waals surface area contributed by atoms with Crippen molar-refractivity contribution in [1.29, 1.82) is 0 Å². The van der Waals surface area contributed by atoms with E-state index < -0.39 is 0 Å². The van der Waals surface area contributed by atoms with Gasteiger partial charge in [-0.2, -0.15) is 0 Å². The zero-order valence-corrected chi connectivity index (χ0v) is 20.3. The molecule has 0 N–H and O–H groups in total. The highest BCUT2D eigenvalue weighted by Gasteiger charge is 2.25. The molecule has 1 fully saturated rings. The van der Waals surface area contributed by atoms with Gasteiger partial charge >= 0.3 is 0 Å². The Balaban J connectivity index is 1.37. The van der Waals surface area contributed by atoms with Gasteiger partial charge in [-0.3, -0.25) is 4.79 Å². The maximum absolute atomic E-state index is 13.1. The van der Waals surface area contributed by atoms with Gasteiger partial charge in [-0.25, -0.2) is 9.97 Å². The topological polar surface area (TPSA) is 62.5 Å². The lowest BCUT2D eigenvalue weighted by molar-refractivity contribution is 0.0746. The lowest BCUT2D eigenvalue weighted by Gasteiger charge is -2.36. The highest BCUT2D eigenvalue weighted by Crippen LogP contribution is 2.30. The Morgan fingerprint density at radius 3 is 2.35 bits per heavy atom. The van der Waals surface area contributed by atoms with Gasteiger partial charge in [-0.05, 0) is 53.4 Å². The third-order valence-corrected chi connectivity index (χ3v) is 6.48. The second-order valence-electron chi connectivity index (χ2n) is 9.62. The molecule has 4 aromatic rings. The van der Waals surface area contributed by atoms with Crippen molar-refractivity contribution >= 4 is 34.2 Å². The predicted octanol–water partition coefficient (Wildman–Crippen LogP) is 5.80. The quantitative estimate of drug-likeness (QED) is 0.375. The minimum Gasteiger partial charge on any atom is -0.461 e. The molecule has 7 heteroatoms. The number of piperazine rings is 1. The minimum atomic E-state index is 0.0618. The molecule has 0 unspecified atom stereocenters. The first-order valence-electron chi connectivity index (χ1n) is 11.5. The number of fused-ring (bicyclic) bond motifs is 1. The molecule has 174 valence electrons. The van der Waals surface area contributed by atoms with Crippen LogP contribution < -0.4 is 4.90 Å². The second-order valence-corrected chi connectivity index (χ2v) is 10.1. The number of carbonyl (C=O) groups excluding carboxylic acids is 1. The van der Waals surface area contributed by atoms with Gasteiger partial charge in [-0.1, -0.05) is 44.5 Å². The molecule has 3 heterocycles. The van der Waals surface area contributed by atoms with E-state index in [1.54, 1.807) is 6.26 Å². The molecule has 1 aliphatic heterocycles. The molecule has 0 bridgehead atoms. The van der Waals surface area contributed by atoms with E-state index in [1.807, 2.05) is 47.4 Å². The zero-order chi connectivity index (χ0) is 23.9. The standard InChI is InChI=1S/C27H27ClN4O2/c1-27(2,3)19-8-6-18(7-9-19)26(33)32-14-12-31(13-15-32)25-21-11-10-20(28)17-22(21)29-24(30-25)23-5-4-16-34-23/h4-11,16-17H,12-15H2,1-3H3. The summed E-state index contributed by atoms with van der Waals surface area (Å²) in [7, 11) is 0. The fourth-order valence-electron chi connectivity index (χ4n) is 4.26. The van der Waals surface area contributed by atoms with E-state index in [2.05, 4.69) is 42.8 Å².